The van der Waals surface area contributed by atoms with Crippen LogP contribution in [0, 0.1) is 0 Å². The quantitative estimate of drug-likeness (QED) is 0.0664. The number of nitrogens with zero attached hydrogens (tertiary/aromatic N) is 5. The molecule has 0 aliphatic carbocycles. The van der Waals surface area contributed by atoms with E-state index in [-0.39, 0.29) is 46.8 Å². The second-order valence-electron chi connectivity index (χ2n) is 7.50. The largest absolute Gasteiger partial charge is 0.477 e. The molecule has 0 saturated carbocycles. The second-order valence-corrected chi connectivity index (χ2v) is 11.8. The van der Waals surface area contributed by atoms with Gasteiger partial charge in [0.15, 0.2) is 15.2 Å². The first-order valence-electron chi connectivity index (χ1n) is 10.6. The summed E-state index contributed by atoms with van der Waals surface area (Å²) in [5.41, 5.74) is 11.2. The Bertz CT molecular complexity index is 1330. The van der Waals surface area contributed by atoms with Crippen molar-refractivity contribution in [2.75, 3.05) is 36.2 Å². The van der Waals surface area contributed by atoms with E-state index >= 15 is 0 Å². The Labute approximate surface area is 231 Å². The van der Waals surface area contributed by atoms with Gasteiger partial charge in [-0.1, -0.05) is 28.3 Å². The molecule has 0 bridgehead atoms. The molecule has 1 saturated heterocycles. The van der Waals surface area contributed by atoms with Gasteiger partial charge in [0, 0.05) is 29.4 Å². The van der Waals surface area contributed by atoms with Crippen LogP contribution in [0.3, 0.4) is 0 Å². The van der Waals surface area contributed by atoms with E-state index in [1.807, 2.05) is 0 Å². The van der Waals surface area contributed by atoms with Gasteiger partial charge in [-0.25, -0.2) is 9.78 Å². The zero-order valence-corrected chi connectivity index (χ0v) is 22.7. The molecule has 4 rings (SSSR count). The van der Waals surface area contributed by atoms with Gasteiger partial charge < -0.3 is 31.5 Å². The molecule has 2 atom stereocenters. The van der Waals surface area contributed by atoms with Gasteiger partial charge in [-0.05, 0) is 0 Å². The van der Waals surface area contributed by atoms with E-state index < -0.39 is 35.2 Å². The minimum atomic E-state index is -1.33. The van der Waals surface area contributed by atoms with E-state index in [1.165, 1.54) is 47.2 Å². The number of fused-ring (bicyclic) bond motifs is 1. The van der Waals surface area contributed by atoms with Crippen molar-refractivity contribution in [3.8, 4) is 0 Å². The number of aromatic nitrogens is 3. The van der Waals surface area contributed by atoms with Crippen LogP contribution in [-0.4, -0.2) is 90.8 Å². The van der Waals surface area contributed by atoms with E-state index in [9.17, 15) is 24.3 Å². The van der Waals surface area contributed by atoms with Crippen molar-refractivity contribution in [2.24, 2.45) is 5.16 Å². The molecule has 6 N–H and O–H groups in total. The number of oxime groups is 1. The first kappa shape index (κ1) is 27.6. The maximum Gasteiger partial charge on any atom is 0.352 e. The van der Waals surface area contributed by atoms with Crippen LogP contribution < -0.4 is 16.8 Å². The van der Waals surface area contributed by atoms with Crippen LogP contribution in [0.5, 0.6) is 0 Å². The molecular weight excluding hydrogens is 581 g/mol. The van der Waals surface area contributed by atoms with Crippen molar-refractivity contribution in [3.05, 3.63) is 22.3 Å². The number of ether oxygens (including phenoxy) is 1. The Morgan fingerprint density at radius 2 is 2.11 bits per heavy atom. The maximum atomic E-state index is 13.1. The maximum absolute atomic E-state index is 13.1. The number of rotatable bonds is 11. The number of carbonyl (C=O) groups is 4. The Morgan fingerprint density at radius 1 is 1.32 bits per heavy atom. The molecule has 2 aliphatic heterocycles. The highest BCUT2D eigenvalue weighted by Crippen LogP contribution is 2.40. The molecule has 2 aromatic rings. The van der Waals surface area contributed by atoms with Crippen LogP contribution in [-0.2, 0) is 28.8 Å². The molecular formula is C19H20N8O7S4. The molecule has 2 amide bonds. The van der Waals surface area contributed by atoms with E-state index in [4.69, 9.17) is 21.0 Å². The Morgan fingerprint density at radius 3 is 2.74 bits per heavy atom. The zero-order chi connectivity index (χ0) is 27.4. The molecule has 0 aromatic carbocycles. The summed E-state index contributed by atoms with van der Waals surface area (Å²) in [6.45, 7) is 1.07. The van der Waals surface area contributed by atoms with E-state index in [0.29, 0.717) is 15.2 Å². The second kappa shape index (κ2) is 12.0. The van der Waals surface area contributed by atoms with Gasteiger partial charge in [0.1, 0.15) is 36.0 Å². The third-order valence-electron chi connectivity index (χ3n) is 4.94. The summed E-state index contributed by atoms with van der Waals surface area (Å²) in [7, 11) is 0. The fraction of sp³-hybridized carbons (Fsp3) is 0.368. The number of aliphatic carboxylic acids is 1. The minimum Gasteiger partial charge on any atom is -0.477 e. The molecule has 0 radical (unpaired) electrons. The standard InChI is InChI=1S/C19H20N8O7S4/c1-7(28)33-4-8-5-36-15-11(14(30)27(15)12(8)16(31)32)23-13(29)10(9-6-37-17(20)22-9)26-34-2-3-35-19-25-24-18(21)38-19/h6,11,15H,2-5H2,1H3,(H2,20,22)(H2,21,24)(H,23,29)(H,31,32)/t11?,15-/m1/s1. The molecule has 4 heterocycles. The summed E-state index contributed by atoms with van der Waals surface area (Å²) in [5.74, 6) is -2.64. The van der Waals surface area contributed by atoms with Gasteiger partial charge in [0.05, 0.1) is 0 Å². The first-order valence-corrected chi connectivity index (χ1v) is 14.4. The number of hydrogen-bond acceptors (Lipinski definition) is 16. The van der Waals surface area contributed by atoms with Crippen LogP contribution in [0.2, 0.25) is 0 Å². The van der Waals surface area contributed by atoms with Crippen LogP contribution >= 0.6 is 46.2 Å². The number of nitrogens with one attached hydrogen (secondary N) is 1. The predicted molar refractivity (Wildman–Crippen MR) is 140 cm³/mol. The number of β-lactam (4-membered cyclic amide) rings is 1. The highest BCUT2D eigenvalue weighted by Gasteiger charge is 2.54. The van der Waals surface area contributed by atoms with E-state index in [2.05, 4.69) is 25.7 Å². The number of hydrogen-bond donors (Lipinski definition) is 4. The molecule has 1 fully saturated rings. The van der Waals surface area contributed by atoms with E-state index in [0.717, 1.165) is 16.2 Å². The fourth-order valence-corrected chi connectivity index (χ4v) is 6.74. The number of esters is 1. The molecule has 0 spiro atoms. The molecule has 19 heteroatoms. The van der Waals surface area contributed by atoms with Crippen LogP contribution in [0.15, 0.2) is 26.1 Å². The number of thioether (sulfide) groups is 2. The number of carbonyl (C=O) groups excluding carboxylic acids is 3. The minimum absolute atomic E-state index is 0.118. The number of anilines is 2. The number of amides is 2. The summed E-state index contributed by atoms with van der Waals surface area (Å²) in [6, 6.07) is -1.02. The summed E-state index contributed by atoms with van der Waals surface area (Å²) in [6.07, 6.45) is 0. The number of nitrogen functional groups attached to an aromatic ring is 2. The van der Waals surface area contributed by atoms with Gasteiger partial charge in [-0.15, -0.1) is 33.3 Å². The number of carboxylic acids is 1. The van der Waals surface area contributed by atoms with Crippen molar-refractivity contribution in [2.45, 2.75) is 22.7 Å². The highest BCUT2D eigenvalue weighted by atomic mass is 32.2. The normalized spacial score (nSPS) is 19.0. The van der Waals surface area contributed by atoms with Gasteiger partial charge in [-0.3, -0.25) is 19.3 Å². The third-order valence-corrected chi connectivity index (χ3v) is 8.81. The van der Waals surface area contributed by atoms with Crippen molar-refractivity contribution in [3.63, 3.8) is 0 Å². The average Bonchev–Trinajstić information content (AvgIpc) is 3.49. The molecule has 202 valence electrons. The lowest BCUT2D eigenvalue weighted by atomic mass is 10.0. The van der Waals surface area contributed by atoms with Gasteiger partial charge >= 0.3 is 11.9 Å². The van der Waals surface area contributed by atoms with Crippen molar-refractivity contribution in [1.29, 1.82) is 0 Å². The van der Waals surface area contributed by atoms with Gasteiger partial charge in [0.25, 0.3) is 11.8 Å². The average molecular weight is 601 g/mol. The zero-order valence-electron chi connectivity index (χ0n) is 19.5. The monoisotopic (exact) mass is 600 g/mol. The van der Waals surface area contributed by atoms with Crippen molar-refractivity contribution < 1.29 is 33.9 Å². The lowest BCUT2D eigenvalue weighted by molar-refractivity contribution is -0.150. The lowest BCUT2D eigenvalue weighted by Gasteiger charge is -2.49. The van der Waals surface area contributed by atoms with Crippen LogP contribution in [0.4, 0.5) is 10.3 Å². The van der Waals surface area contributed by atoms with Crippen molar-refractivity contribution >= 4 is 85.9 Å². The van der Waals surface area contributed by atoms with Gasteiger partial charge in [0.2, 0.25) is 5.13 Å². The smallest absolute Gasteiger partial charge is 0.352 e. The topological polar surface area (TPSA) is 225 Å². The first-order chi connectivity index (χ1) is 18.2. The van der Waals surface area contributed by atoms with Crippen LogP contribution in [0.25, 0.3) is 0 Å². The Kier molecular flexibility index (Phi) is 8.69. The van der Waals surface area contributed by atoms with Crippen LogP contribution in [0.1, 0.15) is 12.6 Å². The summed E-state index contributed by atoms with van der Waals surface area (Å²) in [4.78, 5) is 59.5. The fourth-order valence-electron chi connectivity index (χ4n) is 3.35. The molecule has 38 heavy (non-hydrogen) atoms. The molecule has 2 aromatic heterocycles. The lowest BCUT2D eigenvalue weighted by Crippen LogP contribution is -2.71. The molecule has 2 aliphatic rings. The highest BCUT2D eigenvalue weighted by molar-refractivity contribution is 8.01. The Hall–Kier alpha value is -3.42. The van der Waals surface area contributed by atoms with Crippen molar-refractivity contribution in [1.82, 2.24) is 25.4 Å². The summed E-state index contributed by atoms with van der Waals surface area (Å²) < 4.78 is 5.58. The summed E-state index contributed by atoms with van der Waals surface area (Å²) >= 11 is 4.91. The number of nitrogens with two attached hydrogens (primary N) is 2. The molecule has 1 unspecified atom stereocenters. The van der Waals surface area contributed by atoms with E-state index in [1.54, 1.807) is 0 Å². The summed E-state index contributed by atoms with van der Waals surface area (Å²) in [5, 5.41) is 25.2. The number of thiazole rings is 1. The molecule has 15 nitrogen and oxygen atoms in total. The third kappa shape index (κ3) is 6.17. The number of carboxylic acid groups (broad SMARTS) is 1. The Balaban J connectivity index is 1.42. The SMILES string of the molecule is CC(=O)OCC1=C(C(=O)O)N2C(=O)C(NC(=O)C(=NOCCSc3nnc(N)s3)c3csc(N)n3)[C@H]2SC1. The van der Waals surface area contributed by atoms with Gasteiger partial charge in [-0.2, -0.15) is 0 Å². The predicted octanol–water partition coefficient (Wildman–Crippen LogP) is -0.0263.